The summed E-state index contributed by atoms with van der Waals surface area (Å²) in [5, 5.41) is 3.31. The molecule has 0 unspecified atom stereocenters. The summed E-state index contributed by atoms with van der Waals surface area (Å²) in [5.41, 5.74) is 0.495. The van der Waals surface area contributed by atoms with Gasteiger partial charge in [0.25, 0.3) is 0 Å². The van der Waals surface area contributed by atoms with E-state index in [4.69, 9.17) is 4.74 Å². The Balaban J connectivity index is 1.73. The molecule has 1 aliphatic rings. The van der Waals surface area contributed by atoms with Crippen LogP contribution in [0.5, 0.6) is 0 Å². The lowest BCUT2D eigenvalue weighted by Crippen LogP contribution is -2.48. The molecule has 1 fully saturated rings. The van der Waals surface area contributed by atoms with E-state index in [2.05, 4.69) is 10.2 Å². The fraction of sp³-hybridized carbons (Fsp3) is 0.600. The molecule has 1 N–H and O–H groups in total. The number of anilines is 1. The lowest BCUT2D eigenvalue weighted by Gasteiger charge is -2.36. The van der Waals surface area contributed by atoms with E-state index in [9.17, 15) is 8.78 Å². The number of nitrogens with one attached hydrogen (secondary N) is 1. The Bertz CT molecular complexity index is 437. The zero-order valence-electron chi connectivity index (χ0n) is 12.4. The van der Waals surface area contributed by atoms with E-state index in [0.29, 0.717) is 5.69 Å². The molecule has 118 valence electrons. The fourth-order valence-electron chi connectivity index (χ4n) is 2.49. The largest absolute Gasteiger partial charge is 0.383 e. The standard InChI is InChI=1S/C15H23F2N3O/c1-21-11-5-18-4-6-19-7-9-20(10-8-19)15-3-2-13(16)12-14(15)17/h2-3,12,18H,4-11H2,1H3. The van der Waals surface area contributed by atoms with Crippen molar-refractivity contribution < 1.29 is 13.5 Å². The van der Waals surface area contributed by atoms with E-state index < -0.39 is 11.6 Å². The van der Waals surface area contributed by atoms with Crippen molar-refractivity contribution >= 4 is 5.69 Å². The van der Waals surface area contributed by atoms with Crippen LogP contribution in [-0.4, -0.2) is 64.4 Å². The molecule has 0 bridgehead atoms. The summed E-state index contributed by atoms with van der Waals surface area (Å²) < 4.78 is 31.6. The third-order valence-electron chi connectivity index (χ3n) is 3.71. The predicted octanol–water partition coefficient (Wildman–Crippen LogP) is 1.32. The minimum Gasteiger partial charge on any atom is -0.383 e. The molecule has 0 atom stereocenters. The normalized spacial score (nSPS) is 16.4. The van der Waals surface area contributed by atoms with Gasteiger partial charge < -0.3 is 15.0 Å². The molecule has 1 saturated heterocycles. The summed E-state index contributed by atoms with van der Waals surface area (Å²) in [5.74, 6) is -1.01. The molecular weight excluding hydrogens is 276 g/mol. The predicted molar refractivity (Wildman–Crippen MR) is 79.8 cm³/mol. The number of nitrogens with zero attached hydrogens (tertiary/aromatic N) is 2. The Hall–Kier alpha value is -1.24. The first-order chi connectivity index (χ1) is 10.2. The van der Waals surface area contributed by atoms with E-state index in [-0.39, 0.29) is 0 Å². The molecule has 0 spiro atoms. The van der Waals surface area contributed by atoms with Crippen LogP contribution in [0.2, 0.25) is 0 Å². The second kappa shape index (κ2) is 8.26. The van der Waals surface area contributed by atoms with E-state index in [1.165, 1.54) is 12.1 Å². The number of benzene rings is 1. The van der Waals surface area contributed by atoms with Gasteiger partial charge in [0.15, 0.2) is 0 Å². The second-order valence-corrected chi connectivity index (χ2v) is 5.17. The molecule has 2 rings (SSSR count). The molecule has 1 aromatic carbocycles. The summed E-state index contributed by atoms with van der Waals surface area (Å²) in [6.07, 6.45) is 0. The smallest absolute Gasteiger partial charge is 0.149 e. The molecular formula is C15H23F2N3O. The van der Waals surface area contributed by atoms with Crippen LogP contribution in [0.1, 0.15) is 0 Å². The van der Waals surface area contributed by atoms with Gasteiger partial charge >= 0.3 is 0 Å². The van der Waals surface area contributed by atoms with Crippen LogP contribution in [0.3, 0.4) is 0 Å². The maximum absolute atomic E-state index is 13.7. The highest BCUT2D eigenvalue weighted by atomic mass is 19.1. The van der Waals surface area contributed by atoms with Gasteiger partial charge in [0.05, 0.1) is 12.3 Å². The molecule has 4 nitrogen and oxygen atoms in total. The molecule has 0 radical (unpaired) electrons. The fourth-order valence-corrected chi connectivity index (χ4v) is 2.49. The molecule has 0 aliphatic carbocycles. The van der Waals surface area contributed by atoms with Crippen molar-refractivity contribution in [2.75, 3.05) is 64.4 Å². The highest BCUT2D eigenvalue weighted by Gasteiger charge is 2.19. The molecule has 6 heteroatoms. The van der Waals surface area contributed by atoms with Crippen LogP contribution >= 0.6 is 0 Å². The molecule has 0 saturated carbocycles. The highest BCUT2D eigenvalue weighted by Crippen LogP contribution is 2.21. The number of ether oxygens (including phenoxy) is 1. The van der Waals surface area contributed by atoms with Crippen molar-refractivity contribution in [1.29, 1.82) is 0 Å². The van der Waals surface area contributed by atoms with Crippen molar-refractivity contribution in [3.8, 4) is 0 Å². The third kappa shape index (κ3) is 4.91. The van der Waals surface area contributed by atoms with Crippen LogP contribution in [0.4, 0.5) is 14.5 Å². The molecule has 0 amide bonds. The van der Waals surface area contributed by atoms with Crippen LogP contribution in [-0.2, 0) is 4.74 Å². The van der Waals surface area contributed by atoms with E-state index in [1.54, 1.807) is 7.11 Å². The van der Waals surface area contributed by atoms with Crippen LogP contribution < -0.4 is 10.2 Å². The average molecular weight is 299 g/mol. The van der Waals surface area contributed by atoms with Gasteiger partial charge in [0, 0.05) is 59.0 Å². The van der Waals surface area contributed by atoms with E-state index in [1.807, 2.05) is 4.90 Å². The molecule has 1 heterocycles. The number of hydrogen-bond acceptors (Lipinski definition) is 4. The summed E-state index contributed by atoms with van der Waals surface area (Å²) >= 11 is 0. The zero-order valence-corrected chi connectivity index (χ0v) is 12.4. The van der Waals surface area contributed by atoms with Crippen LogP contribution in [0.15, 0.2) is 18.2 Å². The summed E-state index contributed by atoms with van der Waals surface area (Å²) in [7, 11) is 1.69. The maximum atomic E-state index is 13.7. The first-order valence-electron chi connectivity index (χ1n) is 7.32. The summed E-state index contributed by atoms with van der Waals surface area (Å²) in [6, 6.07) is 3.78. The summed E-state index contributed by atoms with van der Waals surface area (Å²) in [6.45, 7) is 6.79. The highest BCUT2D eigenvalue weighted by molar-refractivity contribution is 5.48. The Morgan fingerprint density at radius 3 is 2.57 bits per heavy atom. The van der Waals surface area contributed by atoms with Gasteiger partial charge in [0.1, 0.15) is 11.6 Å². The first-order valence-corrected chi connectivity index (χ1v) is 7.32. The summed E-state index contributed by atoms with van der Waals surface area (Å²) in [4.78, 5) is 4.32. The average Bonchev–Trinajstić information content (AvgIpc) is 2.48. The van der Waals surface area contributed by atoms with Crippen molar-refractivity contribution in [3.63, 3.8) is 0 Å². The van der Waals surface area contributed by atoms with Gasteiger partial charge in [-0.05, 0) is 12.1 Å². The number of hydrogen-bond donors (Lipinski definition) is 1. The Kier molecular flexibility index (Phi) is 6.35. The molecule has 1 aliphatic heterocycles. The zero-order chi connectivity index (χ0) is 15.1. The molecule has 21 heavy (non-hydrogen) atoms. The van der Waals surface area contributed by atoms with E-state index in [0.717, 1.165) is 58.5 Å². The van der Waals surface area contributed by atoms with Crippen LogP contribution in [0.25, 0.3) is 0 Å². The number of piperazine rings is 1. The van der Waals surface area contributed by atoms with Gasteiger partial charge in [0.2, 0.25) is 0 Å². The maximum Gasteiger partial charge on any atom is 0.149 e. The first kappa shape index (κ1) is 16.1. The van der Waals surface area contributed by atoms with E-state index >= 15 is 0 Å². The van der Waals surface area contributed by atoms with Gasteiger partial charge in [-0.3, -0.25) is 4.90 Å². The van der Waals surface area contributed by atoms with Crippen molar-refractivity contribution in [3.05, 3.63) is 29.8 Å². The second-order valence-electron chi connectivity index (χ2n) is 5.17. The SMILES string of the molecule is COCCNCCN1CCN(c2ccc(F)cc2F)CC1. The third-order valence-corrected chi connectivity index (χ3v) is 3.71. The number of methoxy groups -OCH3 is 1. The molecule has 1 aromatic rings. The van der Waals surface area contributed by atoms with Crippen LogP contribution in [0, 0.1) is 11.6 Å². The minimum atomic E-state index is -0.531. The number of rotatable bonds is 7. The topological polar surface area (TPSA) is 27.7 Å². The minimum absolute atomic E-state index is 0.482. The number of halogens is 2. The van der Waals surface area contributed by atoms with Crippen molar-refractivity contribution in [2.24, 2.45) is 0 Å². The molecule has 0 aromatic heterocycles. The lowest BCUT2D eigenvalue weighted by molar-refractivity contribution is 0.195. The monoisotopic (exact) mass is 299 g/mol. The lowest BCUT2D eigenvalue weighted by atomic mass is 10.2. The quantitative estimate of drug-likeness (QED) is 0.769. The Labute approximate surface area is 124 Å². The van der Waals surface area contributed by atoms with Gasteiger partial charge in [-0.15, -0.1) is 0 Å². The van der Waals surface area contributed by atoms with Gasteiger partial charge in [-0.2, -0.15) is 0 Å². The van der Waals surface area contributed by atoms with Crippen molar-refractivity contribution in [1.82, 2.24) is 10.2 Å². The van der Waals surface area contributed by atoms with Gasteiger partial charge in [-0.1, -0.05) is 0 Å². The Morgan fingerprint density at radius 2 is 1.90 bits per heavy atom. The van der Waals surface area contributed by atoms with Crippen molar-refractivity contribution in [2.45, 2.75) is 0 Å². The van der Waals surface area contributed by atoms with Gasteiger partial charge in [-0.25, -0.2) is 8.78 Å². The Morgan fingerprint density at radius 1 is 1.14 bits per heavy atom.